The highest BCUT2D eigenvalue weighted by Gasteiger charge is 2.38. The van der Waals surface area contributed by atoms with Crippen molar-refractivity contribution in [3.8, 4) is 6.07 Å². The van der Waals surface area contributed by atoms with Gasteiger partial charge in [0.2, 0.25) is 0 Å². The van der Waals surface area contributed by atoms with Crippen LogP contribution in [-0.4, -0.2) is 11.4 Å². The summed E-state index contributed by atoms with van der Waals surface area (Å²) in [7, 11) is 0. The molecule has 0 bridgehead atoms. The van der Waals surface area contributed by atoms with Crippen LogP contribution in [0.2, 0.25) is 0 Å². The minimum Gasteiger partial charge on any atom is -0.388 e. The fraction of sp³-hybridized carbons (Fsp3) is 0.371. The molecule has 4 heteroatoms. The van der Waals surface area contributed by atoms with Gasteiger partial charge in [0, 0.05) is 5.92 Å². The van der Waals surface area contributed by atoms with Gasteiger partial charge in [-0.1, -0.05) is 82.8 Å². The molecule has 0 amide bonds. The van der Waals surface area contributed by atoms with Crippen LogP contribution in [0.3, 0.4) is 0 Å². The summed E-state index contributed by atoms with van der Waals surface area (Å²) in [5.74, 6) is 0.489. The molecular weight excluding hydrogens is 481 g/mol. The average molecular weight is 528 g/mol. The topological polar surface area (TPSA) is 62.2 Å². The number of benzene rings is 2. The largest absolute Gasteiger partial charge is 0.388 e. The molecule has 39 heavy (non-hydrogen) atoms. The van der Waals surface area contributed by atoms with E-state index in [1.807, 2.05) is 72.8 Å². The molecule has 0 aliphatic heterocycles. The number of aliphatic imine (C=N–C) groups is 1. The molecule has 2 aromatic carbocycles. The minimum absolute atomic E-state index is 0.160. The first-order valence-electron chi connectivity index (χ1n) is 13.9. The Morgan fingerprint density at radius 2 is 1.69 bits per heavy atom. The second-order valence-corrected chi connectivity index (χ2v) is 9.59. The van der Waals surface area contributed by atoms with Gasteiger partial charge in [-0.25, -0.2) is 4.39 Å². The molecule has 1 aliphatic carbocycles. The Morgan fingerprint density at radius 1 is 1.10 bits per heavy atom. The van der Waals surface area contributed by atoms with E-state index in [-0.39, 0.29) is 11.5 Å². The molecule has 2 aromatic rings. The third-order valence-corrected chi connectivity index (χ3v) is 6.44. The summed E-state index contributed by atoms with van der Waals surface area (Å²) >= 11 is 0. The average Bonchev–Trinajstić information content (AvgIpc) is 3.76. The zero-order valence-corrected chi connectivity index (χ0v) is 25.1. The Hall–Kier alpha value is -3.71. The maximum absolute atomic E-state index is 14.1. The normalized spacial score (nSPS) is 15.6. The SMILES string of the molecule is C=C(/C=C(\C=C/C)C(C)(N=C(C)N)C(C(=C)C)c1ccc(C2CC2)cc1)c1cc(F)cc(C#N)c1.CC.CC. The molecule has 208 valence electrons. The van der Waals surface area contributed by atoms with Crippen LogP contribution in [-0.2, 0) is 0 Å². The second-order valence-electron chi connectivity index (χ2n) is 9.59. The van der Waals surface area contributed by atoms with E-state index in [4.69, 9.17) is 10.7 Å². The van der Waals surface area contributed by atoms with Gasteiger partial charge in [0.05, 0.1) is 23.0 Å². The van der Waals surface area contributed by atoms with Gasteiger partial charge in [0.15, 0.2) is 0 Å². The number of rotatable bonds is 9. The van der Waals surface area contributed by atoms with Crippen LogP contribution >= 0.6 is 0 Å². The van der Waals surface area contributed by atoms with Gasteiger partial charge in [-0.2, -0.15) is 5.26 Å². The van der Waals surface area contributed by atoms with Gasteiger partial charge < -0.3 is 5.73 Å². The molecule has 2 unspecified atom stereocenters. The number of hydrogen-bond acceptors (Lipinski definition) is 2. The molecule has 0 saturated heterocycles. The molecule has 3 nitrogen and oxygen atoms in total. The minimum atomic E-state index is -0.799. The first kappa shape index (κ1) is 33.3. The maximum atomic E-state index is 14.1. The number of nitrogens with two attached hydrogens (primary N) is 1. The van der Waals surface area contributed by atoms with Crippen LogP contribution in [0.15, 0.2) is 90.0 Å². The number of allylic oxidation sites excluding steroid dienone is 3. The maximum Gasteiger partial charge on any atom is 0.125 e. The fourth-order valence-corrected chi connectivity index (χ4v) is 4.78. The van der Waals surface area contributed by atoms with Gasteiger partial charge in [-0.15, -0.1) is 0 Å². The van der Waals surface area contributed by atoms with Crippen LogP contribution < -0.4 is 5.73 Å². The number of nitrogens with zero attached hydrogens (tertiary/aromatic N) is 2. The predicted octanol–water partition coefficient (Wildman–Crippen LogP) is 9.64. The highest BCUT2D eigenvalue weighted by molar-refractivity contribution is 5.80. The summed E-state index contributed by atoms with van der Waals surface area (Å²) in [6.45, 7) is 24.3. The van der Waals surface area contributed by atoms with Crippen molar-refractivity contribution >= 4 is 11.4 Å². The molecule has 0 spiro atoms. The third kappa shape index (κ3) is 8.93. The van der Waals surface area contributed by atoms with Crippen molar-refractivity contribution in [2.24, 2.45) is 10.7 Å². The third-order valence-electron chi connectivity index (χ3n) is 6.44. The molecule has 0 aromatic heterocycles. The molecule has 0 heterocycles. The van der Waals surface area contributed by atoms with E-state index in [9.17, 15) is 9.65 Å². The quantitative estimate of drug-likeness (QED) is 0.153. The lowest BCUT2D eigenvalue weighted by Gasteiger charge is -2.37. The van der Waals surface area contributed by atoms with Gasteiger partial charge in [0.25, 0.3) is 0 Å². The van der Waals surface area contributed by atoms with Crippen molar-refractivity contribution in [2.45, 2.75) is 85.6 Å². The molecule has 1 fully saturated rings. The molecule has 2 N–H and O–H groups in total. The molecule has 2 atom stereocenters. The van der Waals surface area contributed by atoms with E-state index in [1.54, 1.807) is 13.0 Å². The second kappa shape index (κ2) is 15.6. The lowest BCUT2D eigenvalue weighted by atomic mass is 9.71. The number of halogens is 1. The van der Waals surface area contributed by atoms with Gasteiger partial charge in [0.1, 0.15) is 5.82 Å². The summed E-state index contributed by atoms with van der Waals surface area (Å²) in [5.41, 5.74) is 11.0. The van der Waals surface area contributed by atoms with Crippen molar-refractivity contribution in [1.82, 2.24) is 0 Å². The van der Waals surface area contributed by atoms with Gasteiger partial charge >= 0.3 is 0 Å². The summed E-state index contributed by atoms with van der Waals surface area (Å²) in [6.07, 6.45) is 8.33. The standard InChI is InChI=1S/C31H34FN3.2C2H6/c1-7-8-28(15-21(4)27-16-23(19-33)17-29(32)18-27)31(6,35-22(5)34)30(20(2)3)26-13-11-25(12-14-26)24-9-10-24;2*1-2/h7-8,11-18,24,30H,2,4,9-10H2,1,3,5-6H3,(H2,34,35);2*1-2H3/b8-7-,28-15+;;. The van der Waals surface area contributed by atoms with Crippen molar-refractivity contribution in [1.29, 1.82) is 5.26 Å². The van der Waals surface area contributed by atoms with Crippen LogP contribution in [0.25, 0.3) is 5.57 Å². The lowest BCUT2D eigenvalue weighted by molar-refractivity contribution is 0.490. The molecule has 1 saturated carbocycles. The fourth-order valence-electron chi connectivity index (χ4n) is 4.78. The van der Waals surface area contributed by atoms with E-state index < -0.39 is 11.4 Å². The smallest absolute Gasteiger partial charge is 0.125 e. The van der Waals surface area contributed by atoms with E-state index in [0.29, 0.717) is 22.9 Å². The molecule has 0 radical (unpaired) electrons. The molecular formula is C35H46FN3. The Labute approximate surface area is 236 Å². The summed E-state index contributed by atoms with van der Waals surface area (Å²) < 4.78 is 14.1. The number of nitriles is 1. The number of hydrogen-bond donors (Lipinski definition) is 1. The number of amidine groups is 1. The highest BCUT2D eigenvalue weighted by atomic mass is 19.1. The molecule has 3 rings (SSSR count). The van der Waals surface area contributed by atoms with Crippen LogP contribution in [0, 0.1) is 17.1 Å². The van der Waals surface area contributed by atoms with Gasteiger partial charge in [-0.05, 0) is 98.6 Å². The Balaban J connectivity index is 0.00000181. The zero-order valence-electron chi connectivity index (χ0n) is 25.1. The molecule has 1 aliphatic rings. The Kier molecular flexibility index (Phi) is 13.4. The predicted molar refractivity (Wildman–Crippen MR) is 167 cm³/mol. The Morgan fingerprint density at radius 3 is 2.15 bits per heavy atom. The van der Waals surface area contributed by atoms with Crippen molar-refractivity contribution in [2.75, 3.05) is 0 Å². The monoisotopic (exact) mass is 527 g/mol. The van der Waals surface area contributed by atoms with Crippen LogP contribution in [0.5, 0.6) is 0 Å². The Bertz CT molecular complexity index is 1250. The zero-order chi connectivity index (χ0) is 29.8. The lowest BCUT2D eigenvalue weighted by Crippen LogP contribution is -2.36. The van der Waals surface area contributed by atoms with E-state index in [0.717, 1.165) is 16.7 Å². The first-order valence-corrected chi connectivity index (χ1v) is 13.9. The van der Waals surface area contributed by atoms with E-state index in [2.05, 4.69) is 37.4 Å². The van der Waals surface area contributed by atoms with Crippen molar-refractivity contribution in [3.05, 3.63) is 113 Å². The highest BCUT2D eigenvalue weighted by Crippen LogP contribution is 2.45. The van der Waals surface area contributed by atoms with Crippen molar-refractivity contribution in [3.63, 3.8) is 0 Å². The van der Waals surface area contributed by atoms with Crippen LogP contribution in [0.1, 0.15) is 102 Å². The first-order chi connectivity index (χ1) is 18.6. The summed E-state index contributed by atoms with van der Waals surface area (Å²) in [5, 5.41) is 9.27. The van der Waals surface area contributed by atoms with Crippen molar-refractivity contribution < 1.29 is 4.39 Å². The van der Waals surface area contributed by atoms with E-state index in [1.165, 1.54) is 30.5 Å². The van der Waals surface area contributed by atoms with E-state index >= 15 is 0 Å². The van der Waals surface area contributed by atoms with Gasteiger partial charge in [-0.3, -0.25) is 4.99 Å². The van der Waals surface area contributed by atoms with Crippen LogP contribution in [0.4, 0.5) is 4.39 Å². The summed E-state index contributed by atoms with van der Waals surface area (Å²) in [6, 6.07) is 15.0. The summed E-state index contributed by atoms with van der Waals surface area (Å²) in [4.78, 5) is 4.94.